The Morgan fingerprint density at radius 2 is 2.23 bits per heavy atom. The highest BCUT2D eigenvalue weighted by molar-refractivity contribution is 5.73. The summed E-state index contributed by atoms with van der Waals surface area (Å²) < 4.78 is 13.6. The molecule has 1 atom stereocenters. The van der Waals surface area contributed by atoms with Crippen LogP contribution in [-0.4, -0.2) is 77.1 Å². The smallest absolute Gasteiger partial charge is 0.219 e. The Labute approximate surface area is 130 Å². The maximum atomic E-state index is 11.7. The first kappa shape index (κ1) is 15.5. The third kappa shape index (κ3) is 3.48. The molecule has 0 aromatic carbocycles. The number of rotatable bonds is 2. The van der Waals surface area contributed by atoms with Crippen molar-refractivity contribution in [2.45, 2.75) is 19.1 Å². The Hall–Kier alpha value is -1.44. The van der Waals surface area contributed by atoms with Crippen LogP contribution in [0.3, 0.4) is 0 Å². The van der Waals surface area contributed by atoms with Crippen molar-refractivity contribution < 1.29 is 14.3 Å². The molecule has 0 aliphatic carbocycles. The SMILES string of the molecule is CC(=O)N1CCOC[C@]2(CN(Cc3cnn(C)c3)CCO2)C1. The molecular formula is C15H24N4O3. The van der Waals surface area contributed by atoms with Gasteiger partial charge in [0.2, 0.25) is 5.91 Å². The molecule has 7 nitrogen and oxygen atoms in total. The predicted molar refractivity (Wildman–Crippen MR) is 80.2 cm³/mol. The first-order valence-electron chi connectivity index (χ1n) is 7.73. The van der Waals surface area contributed by atoms with Crippen LogP contribution in [0.1, 0.15) is 12.5 Å². The van der Waals surface area contributed by atoms with Crippen LogP contribution in [0.4, 0.5) is 0 Å². The van der Waals surface area contributed by atoms with Crippen LogP contribution in [0.25, 0.3) is 0 Å². The first-order valence-corrected chi connectivity index (χ1v) is 7.73. The molecule has 1 amide bonds. The van der Waals surface area contributed by atoms with Gasteiger partial charge in [-0.15, -0.1) is 0 Å². The molecule has 0 bridgehead atoms. The van der Waals surface area contributed by atoms with Crippen LogP contribution in [-0.2, 0) is 27.9 Å². The van der Waals surface area contributed by atoms with Crippen molar-refractivity contribution in [1.29, 1.82) is 0 Å². The molecule has 2 aliphatic heterocycles. The number of nitrogens with zero attached hydrogens (tertiary/aromatic N) is 4. The zero-order chi connectivity index (χ0) is 15.6. The quantitative estimate of drug-likeness (QED) is 0.762. The maximum Gasteiger partial charge on any atom is 0.219 e. The summed E-state index contributed by atoms with van der Waals surface area (Å²) in [5.41, 5.74) is 0.778. The Morgan fingerprint density at radius 3 is 2.95 bits per heavy atom. The summed E-state index contributed by atoms with van der Waals surface area (Å²) in [5, 5.41) is 4.22. The molecule has 1 aromatic heterocycles. The van der Waals surface area contributed by atoms with Crippen LogP contribution >= 0.6 is 0 Å². The summed E-state index contributed by atoms with van der Waals surface area (Å²) in [6.07, 6.45) is 3.93. The normalized spacial score (nSPS) is 27.1. The number of amides is 1. The number of aryl methyl sites for hydroxylation is 1. The fourth-order valence-electron chi connectivity index (χ4n) is 3.23. The number of aromatic nitrogens is 2. The van der Waals surface area contributed by atoms with Gasteiger partial charge in [0.25, 0.3) is 0 Å². The van der Waals surface area contributed by atoms with E-state index in [4.69, 9.17) is 9.47 Å². The second kappa shape index (κ2) is 6.36. The van der Waals surface area contributed by atoms with Crippen molar-refractivity contribution in [2.75, 3.05) is 46.0 Å². The first-order chi connectivity index (χ1) is 10.6. The molecule has 0 unspecified atom stereocenters. The molecule has 2 aliphatic rings. The minimum Gasteiger partial charge on any atom is -0.376 e. The van der Waals surface area contributed by atoms with E-state index < -0.39 is 5.60 Å². The largest absolute Gasteiger partial charge is 0.376 e. The minimum atomic E-state index is -0.414. The van der Waals surface area contributed by atoms with Crippen molar-refractivity contribution in [3.63, 3.8) is 0 Å². The monoisotopic (exact) mass is 308 g/mol. The van der Waals surface area contributed by atoms with E-state index >= 15 is 0 Å². The molecular weight excluding hydrogens is 284 g/mol. The fourth-order valence-corrected chi connectivity index (χ4v) is 3.23. The lowest BCUT2D eigenvalue weighted by Crippen LogP contribution is -2.58. The molecule has 2 saturated heterocycles. The summed E-state index contributed by atoms with van der Waals surface area (Å²) in [4.78, 5) is 15.9. The Bertz CT molecular complexity index is 533. The molecule has 1 spiro atoms. The van der Waals surface area contributed by atoms with Gasteiger partial charge in [-0.3, -0.25) is 14.4 Å². The molecule has 122 valence electrons. The summed E-state index contributed by atoms with van der Waals surface area (Å²) >= 11 is 0. The van der Waals surface area contributed by atoms with Gasteiger partial charge < -0.3 is 14.4 Å². The topological polar surface area (TPSA) is 59.8 Å². The van der Waals surface area contributed by atoms with E-state index in [9.17, 15) is 4.79 Å². The molecule has 1 aromatic rings. The average Bonchev–Trinajstić information content (AvgIpc) is 2.76. The zero-order valence-electron chi connectivity index (χ0n) is 13.3. The van der Waals surface area contributed by atoms with Gasteiger partial charge in [0.05, 0.1) is 32.6 Å². The van der Waals surface area contributed by atoms with Gasteiger partial charge >= 0.3 is 0 Å². The van der Waals surface area contributed by atoms with E-state index in [1.54, 1.807) is 6.92 Å². The summed E-state index contributed by atoms with van der Waals surface area (Å²) in [6, 6.07) is 0. The third-order valence-electron chi connectivity index (χ3n) is 4.29. The number of carbonyl (C=O) groups is 1. The second-order valence-corrected chi connectivity index (χ2v) is 6.26. The van der Waals surface area contributed by atoms with Crippen LogP contribution in [0, 0.1) is 0 Å². The second-order valence-electron chi connectivity index (χ2n) is 6.26. The van der Waals surface area contributed by atoms with Gasteiger partial charge in [0, 0.05) is 51.9 Å². The van der Waals surface area contributed by atoms with E-state index in [0.29, 0.717) is 32.9 Å². The molecule has 3 rings (SSSR count). The molecule has 0 radical (unpaired) electrons. The molecule has 7 heteroatoms. The summed E-state index contributed by atoms with van der Waals surface area (Å²) in [7, 11) is 1.92. The number of morpholine rings is 1. The van der Waals surface area contributed by atoms with Crippen molar-refractivity contribution in [1.82, 2.24) is 19.6 Å². The molecule has 0 saturated carbocycles. The number of hydrogen-bond donors (Lipinski definition) is 0. The van der Waals surface area contributed by atoms with Gasteiger partial charge in [0.15, 0.2) is 0 Å². The number of ether oxygens (including phenoxy) is 2. The van der Waals surface area contributed by atoms with Gasteiger partial charge in [-0.2, -0.15) is 5.10 Å². The zero-order valence-corrected chi connectivity index (χ0v) is 13.3. The van der Waals surface area contributed by atoms with Gasteiger partial charge in [-0.05, 0) is 0 Å². The van der Waals surface area contributed by atoms with Crippen LogP contribution in [0.5, 0.6) is 0 Å². The number of hydrogen-bond acceptors (Lipinski definition) is 5. The van der Waals surface area contributed by atoms with Crippen molar-refractivity contribution in [2.24, 2.45) is 7.05 Å². The lowest BCUT2D eigenvalue weighted by atomic mass is 10.0. The van der Waals surface area contributed by atoms with Gasteiger partial charge in [0.1, 0.15) is 5.60 Å². The molecule has 3 heterocycles. The van der Waals surface area contributed by atoms with Gasteiger partial charge in [-0.25, -0.2) is 0 Å². The van der Waals surface area contributed by atoms with E-state index in [2.05, 4.69) is 10.00 Å². The van der Waals surface area contributed by atoms with Crippen LogP contribution < -0.4 is 0 Å². The molecule has 0 N–H and O–H groups in total. The highest BCUT2D eigenvalue weighted by Crippen LogP contribution is 2.23. The third-order valence-corrected chi connectivity index (χ3v) is 4.29. The average molecular weight is 308 g/mol. The maximum absolute atomic E-state index is 11.7. The Kier molecular flexibility index (Phi) is 4.46. The summed E-state index contributed by atoms with van der Waals surface area (Å²) in [5.74, 6) is 0.0813. The predicted octanol–water partition coefficient (Wildman–Crippen LogP) is -0.130. The van der Waals surface area contributed by atoms with Crippen molar-refractivity contribution in [3.05, 3.63) is 18.0 Å². The van der Waals surface area contributed by atoms with Crippen LogP contribution in [0.2, 0.25) is 0 Å². The molecule has 2 fully saturated rings. The fraction of sp³-hybridized carbons (Fsp3) is 0.733. The lowest BCUT2D eigenvalue weighted by Gasteiger charge is -2.43. The number of carbonyl (C=O) groups excluding carboxylic acids is 1. The van der Waals surface area contributed by atoms with Gasteiger partial charge in [-0.1, -0.05) is 0 Å². The molecule has 22 heavy (non-hydrogen) atoms. The van der Waals surface area contributed by atoms with E-state index in [1.165, 1.54) is 5.56 Å². The Balaban J connectivity index is 1.68. The highest BCUT2D eigenvalue weighted by atomic mass is 16.5. The van der Waals surface area contributed by atoms with E-state index in [1.807, 2.05) is 29.0 Å². The standard InChI is InChI=1S/C15H24N4O3/c1-13(20)19-4-5-21-12-15(11-19)10-18(3-6-22-15)9-14-7-16-17(2)8-14/h7-8H,3-6,9-12H2,1-2H3/t15-/m0/s1. The van der Waals surface area contributed by atoms with Crippen molar-refractivity contribution >= 4 is 5.91 Å². The van der Waals surface area contributed by atoms with E-state index in [0.717, 1.165) is 19.6 Å². The van der Waals surface area contributed by atoms with Crippen LogP contribution in [0.15, 0.2) is 12.4 Å². The summed E-state index contributed by atoms with van der Waals surface area (Å²) in [6.45, 7) is 7.13. The lowest BCUT2D eigenvalue weighted by molar-refractivity contribution is -0.151. The van der Waals surface area contributed by atoms with Crippen molar-refractivity contribution in [3.8, 4) is 0 Å². The van der Waals surface area contributed by atoms with E-state index in [-0.39, 0.29) is 5.91 Å². The minimum absolute atomic E-state index is 0.0813. The Morgan fingerprint density at radius 1 is 1.36 bits per heavy atom. The highest BCUT2D eigenvalue weighted by Gasteiger charge is 2.40.